The third-order valence-electron chi connectivity index (χ3n) is 6.88. The van der Waals surface area contributed by atoms with Gasteiger partial charge in [0, 0.05) is 44.0 Å². The lowest BCUT2D eigenvalue weighted by Crippen LogP contribution is -2.56. The summed E-state index contributed by atoms with van der Waals surface area (Å²) in [6, 6.07) is 5.37. The molecule has 1 fully saturated rings. The number of piperazine rings is 1. The van der Waals surface area contributed by atoms with Crippen LogP contribution in [0.15, 0.2) is 36.9 Å². The van der Waals surface area contributed by atoms with Crippen LogP contribution in [-0.2, 0) is 23.9 Å². The van der Waals surface area contributed by atoms with Gasteiger partial charge in [0.05, 0.1) is 17.8 Å². The Hall–Kier alpha value is -3.85. The Labute approximate surface area is 226 Å². The van der Waals surface area contributed by atoms with Crippen LogP contribution in [0, 0.1) is 6.57 Å². The molecule has 0 aliphatic carbocycles. The van der Waals surface area contributed by atoms with Crippen LogP contribution in [0.25, 0.3) is 4.85 Å². The lowest BCUT2D eigenvalue weighted by atomic mass is 10.0. The van der Waals surface area contributed by atoms with Gasteiger partial charge in [-0.05, 0) is 38.7 Å². The summed E-state index contributed by atoms with van der Waals surface area (Å²) in [6.45, 7) is 13.8. The minimum Gasteiger partial charge on any atom is -0.462 e. The molecule has 0 saturated carbocycles. The van der Waals surface area contributed by atoms with Crippen molar-refractivity contribution < 1.29 is 22.7 Å². The molecule has 0 spiro atoms. The van der Waals surface area contributed by atoms with Gasteiger partial charge in [0.2, 0.25) is 12.5 Å². The fourth-order valence-corrected chi connectivity index (χ4v) is 4.95. The lowest BCUT2D eigenvalue weighted by Gasteiger charge is -2.41. The Morgan fingerprint density at radius 2 is 2.00 bits per heavy atom. The minimum atomic E-state index is -4.48. The summed E-state index contributed by atoms with van der Waals surface area (Å²) in [7, 11) is 3.83. The van der Waals surface area contributed by atoms with Crippen molar-refractivity contribution in [3.8, 4) is 6.01 Å². The van der Waals surface area contributed by atoms with Crippen LogP contribution in [0.1, 0.15) is 16.8 Å². The quantitative estimate of drug-likeness (QED) is 0.374. The number of anilines is 2. The number of rotatable bonds is 8. The second-order valence-electron chi connectivity index (χ2n) is 9.77. The average Bonchev–Trinajstić information content (AvgIpc) is 2.91. The molecule has 208 valence electrons. The molecule has 1 saturated heterocycles. The first-order chi connectivity index (χ1) is 18.6. The molecule has 12 heteroatoms. The molecule has 2 aliphatic rings. The van der Waals surface area contributed by atoms with Crippen molar-refractivity contribution in [1.82, 2.24) is 19.8 Å². The highest BCUT2D eigenvalue weighted by molar-refractivity contribution is 5.87. The van der Waals surface area contributed by atoms with E-state index < -0.39 is 11.7 Å². The van der Waals surface area contributed by atoms with Gasteiger partial charge in [0.1, 0.15) is 18.5 Å². The van der Waals surface area contributed by atoms with Gasteiger partial charge in [0.25, 0.3) is 0 Å². The minimum absolute atomic E-state index is 0.111. The summed E-state index contributed by atoms with van der Waals surface area (Å²) < 4.78 is 47.1. The first-order valence-electron chi connectivity index (χ1n) is 12.7. The van der Waals surface area contributed by atoms with E-state index in [1.165, 1.54) is 18.2 Å². The van der Waals surface area contributed by atoms with Gasteiger partial charge in [-0.2, -0.15) is 23.1 Å². The van der Waals surface area contributed by atoms with Gasteiger partial charge in [-0.25, -0.2) is 6.57 Å². The largest absolute Gasteiger partial charge is 0.462 e. The normalized spacial score (nSPS) is 17.6. The number of hydrogen-bond donors (Lipinski definition) is 0. The highest BCUT2D eigenvalue weighted by Crippen LogP contribution is 2.39. The van der Waals surface area contributed by atoms with Crippen molar-refractivity contribution >= 4 is 17.4 Å². The summed E-state index contributed by atoms with van der Waals surface area (Å²) in [5.41, 5.74) is 0.880. The maximum absolute atomic E-state index is 13.8. The summed E-state index contributed by atoms with van der Waals surface area (Å²) >= 11 is 0. The number of aromatic nitrogens is 2. The number of likely N-dealkylation sites (N-methyl/N-ethyl adjacent to an activating group) is 1. The SMILES string of the molecule is [C-]#[N+]CC1CN(c2nc(OCCN(C)C)nc3c2CCN(c2ccccc2C(F)(F)F)C3)CCN1C(=O)C=C. The third-order valence-corrected chi connectivity index (χ3v) is 6.88. The van der Waals surface area contributed by atoms with E-state index in [9.17, 15) is 18.0 Å². The molecule has 4 rings (SSSR count). The van der Waals surface area contributed by atoms with Crippen molar-refractivity contribution in [3.05, 3.63) is 65.2 Å². The zero-order valence-corrected chi connectivity index (χ0v) is 22.1. The number of para-hydroxylation sites is 1. The first-order valence-corrected chi connectivity index (χ1v) is 12.7. The zero-order valence-electron chi connectivity index (χ0n) is 22.1. The van der Waals surface area contributed by atoms with Crippen LogP contribution in [0.3, 0.4) is 0 Å². The number of hydrogen-bond acceptors (Lipinski definition) is 7. The van der Waals surface area contributed by atoms with E-state index in [2.05, 4.69) is 16.4 Å². The average molecular weight is 544 g/mol. The van der Waals surface area contributed by atoms with E-state index >= 15 is 0 Å². The first kappa shape index (κ1) is 28.2. The molecule has 39 heavy (non-hydrogen) atoms. The molecule has 1 aromatic heterocycles. The fourth-order valence-electron chi connectivity index (χ4n) is 4.95. The number of nitrogens with zero attached hydrogens (tertiary/aromatic N) is 7. The Bertz CT molecular complexity index is 1240. The number of benzene rings is 1. The van der Waals surface area contributed by atoms with Crippen LogP contribution in [0.5, 0.6) is 6.01 Å². The molecular formula is C27H32F3N7O2. The summed E-state index contributed by atoms with van der Waals surface area (Å²) in [4.78, 5) is 32.6. The Morgan fingerprint density at radius 3 is 2.69 bits per heavy atom. The number of amides is 1. The lowest BCUT2D eigenvalue weighted by molar-refractivity contribution is -0.137. The number of ether oxygens (including phenoxy) is 1. The van der Waals surface area contributed by atoms with Crippen LogP contribution >= 0.6 is 0 Å². The number of carbonyl (C=O) groups is 1. The van der Waals surface area contributed by atoms with Crippen molar-refractivity contribution in [2.75, 3.05) is 69.8 Å². The highest BCUT2D eigenvalue weighted by Gasteiger charge is 2.37. The second kappa shape index (κ2) is 11.9. The number of halogens is 3. The molecule has 1 amide bonds. The van der Waals surface area contributed by atoms with E-state index in [1.54, 1.807) is 15.9 Å². The van der Waals surface area contributed by atoms with Gasteiger partial charge in [-0.3, -0.25) is 4.79 Å². The van der Waals surface area contributed by atoms with E-state index in [0.717, 1.165) is 11.6 Å². The van der Waals surface area contributed by atoms with Gasteiger partial charge < -0.3 is 29.2 Å². The van der Waals surface area contributed by atoms with Gasteiger partial charge in [0.15, 0.2) is 0 Å². The fraction of sp³-hybridized carbons (Fsp3) is 0.481. The maximum Gasteiger partial charge on any atom is 0.418 e. The molecule has 0 bridgehead atoms. The highest BCUT2D eigenvalue weighted by atomic mass is 19.4. The van der Waals surface area contributed by atoms with E-state index in [1.807, 2.05) is 23.9 Å². The van der Waals surface area contributed by atoms with E-state index in [-0.39, 0.29) is 36.7 Å². The number of fused-ring (bicyclic) bond motifs is 1. The van der Waals surface area contributed by atoms with Gasteiger partial charge in [-0.15, -0.1) is 0 Å². The second-order valence-corrected chi connectivity index (χ2v) is 9.77. The summed E-state index contributed by atoms with van der Waals surface area (Å²) in [6.07, 6.45) is -2.79. The summed E-state index contributed by atoms with van der Waals surface area (Å²) in [5.74, 6) is 0.420. The monoisotopic (exact) mass is 543 g/mol. The molecule has 1 unspecified atom stereocenters. The molecule has 9 nitrogen and oxygen atoms in total. The summed E-state index contributed by atoms with van der Waals surface area (Å²) in [5, 5.41) is 0. The predicted molar refractivity (Wildman–Crippen MR) is 142 cm³/mol. The van der Waals surface area contributed by atoms with E-state index in [4.69, 9.17) is 16.3 Å². The number of alkyl halides is 3. The Kier molecular flexibility index (Phi) is 8.60. The van der Waals surface area contributed by atoms with Crippen molar-refractivity contribution in [2.24, 2.45) is 0 Å². The van der Waals surface area contributed by atoms with Crippen molar-refractivity contribution in [1.29, 1.82) is 0 Å². The molecular weight excluding hydrogens is 511 g/mol. The van der Waals surface area contributed by atoms with Crippen molar-refractivity contribution in [2.45, 2.75) is 25.2 Å². The molecule has 0 N–H and O–H groups in total. The predicted octanol–water partition coefficient (Wildman–Crippen LogP) is 3.12. The third kappa shape index (κ3) is 6.42. The van der Waals surface area contributed by atoms with Crippen LogP contribution in [0.2, 0.25) is 0 Å². The molecule has 1 aromatic carbocycles. The van der Waals surface area contributed by atoms with Gasteiger partial charge >= 0.3 is 12.2 Å². The Morgan fingerprint density at radius 1 is 1.23 bits per heavy atom. The molecule has 2 aromatic rings. The molecule has 1 atom stereocenters. The number of carbonyl (C=O) groups excluding carboxylic acids is 1. The maximum atomic E-state index is 13.8. The van der Waals surface area contributed by atoms with Crippen molar-refractivity contribution in [3.63, 3.8) is 0 Å². The molecule has 3 heterocycles. The molecule has 2 aliphatic heterocycles. The van der Waals surface area contributed by atoms with Crippen LogP contribution < -0.4 is 14.5 Å². The molecule has 0 radical (unpaired) electrons. The standard InChI is InChI=1S/C27H32F3N7O2/c1-5-24(38)37-13-12-36(17-19(37)16-31-2)25-20-10-11-35(23-9-7-6-8-21(23)27(28,29)30)18-22(20)32-26(33-25)39-15-14-34(3)4/h5-9,19H,1,10-18H2,3-4H3. The Balaban J connectivity index is 1.68. The topological polar surface area (TPSA) is 69.4 Å². The van der Waals surface area contributed by atoms with Crippen LogP contribution in [0.4, 0.5) is 24.7 Å². The van der Waals surface area contributed by atoms with E-state index in [0.29, 0.717) is 57.3 Å². The van der Waals surface area contributed by atoms with Gasteiger partial charge in [-0.1, -0.05) is 18.7 Å². The smallest absolute Gasteiger partial charge is 0.418 e. The van der Waals surface area contributed by atoms with Crippen LogP contribution in [-0.4, -0.2) is 91.7 Å². The zero-order chi connectivity index (χ0) is 28.2.